The van der Waals surface area contributed by atoms with Gasteiger partial charge in [-0.05, 0) is 68.0 Å². The summed E-state index contributed by atoms with van der Waals surface area (Å²) in [6, 6.07) is 13.0. The van der Waals surface area contributed by atoms with Crippen molar-refractivity contribution in [1.29, 1.82) is 5.26 Å². The molecule has 1 aromatic rings. The zero-order valence-electron chi connectivity index (χ0n) is 15.9. The summed E-state index contributed by atoms with van der Waals surface area (Å²) in [5.41, 5.74) is 8.23. The van der Waals surface area contributed by atoms with Crippen LogP contribution in [0.15, 0.2) is 47.3 Å². The standard InChI is InChI=1S/C23H24N2O.ClH/c1-16-17(2)22(23-20(12-24)14-26-15-21(16)23)19-8-10-25(11-9-19)13-18-6-4-3-5-7-18;/h3-7,14-15,19H,8-11,13H2,1-2H3;1H. The molecule has 1 saturated heterocycles. The SMILES string of the molecule is Cc1c2cocc(C#N)c-2c(C2CCN(Cc3ccccc3)CC2)c1C.Cl. The van der Waals surface area contributed by atoms with E-state index in [-0.39, 0.29) is 12.4 Å². The zero-order valence-corrected chi connectivity index (χ0v) is 16.7. The van der Waals surface area contributed by atoms with Crippen LogP contribution < -0.4 is 0 Å². The van der Waals surface area contributed by atoms with Crippen molar-refractivity contribution < 1.29 is 4.42 Å². The third-order valence-corrected chi connectivity index (χ3v) is 5.92. The third-order valence-electron chi connectivity index (χ3n) is 5.92. The van der Waals surface area contributed by atoms with Gasteiger partial charge in [-0.1, -0.05) is 30.3 Å². The second-order valence-corrected chi connectivity index (χ2v) is 7.39. The zero-order chi connectivity index (χ0) is 18.1. The van der Waals surface area contributed by atoms with Crippen LogP contribution in [0.4, 0.5) is 0 Å². The normalized spacial score (nSPS) is 15.4. The highest BCUT2D eigenvalue weighted by molar-refractivity contribution is 5.85. The summed E-state index contributed by atoms with van der Waals surface area (Å²) in [4.78, 5) is 2.54. The molecule has 0 atom stereocenters. The first kappa shape index (κ1) is 19.5. The summed E-state index contributed by atoms with van der Waals surface area (Å²) < 4.78 is 5.40. The van der Waals surface area contributed by atoms with Gasteiger partial charge in [0.1, 0.15) is 12.3 Å². The lowest BCUT2D eigenvalue weighted by Gasteiger charge is -2.33. The van der Waals surface area contributed by atoms with Crippen molar-refractivity contribution in [2.45, 2.75) is 39.2 Å². The van der Waals surface area contributed by atoms with Crippen LogP contribution in [-0.2, 0) is 6.54 Å². The molecule has 0 bridgehead atoms. The van der Waals surface area contributed by atoms with Gasteiger partial charge in [-0.2, -0.15) is 5.26 Å². The van der Waals surface area contributed by atoms with Crippen LogP contribution in [0.25, 0.3) is 11.1 Å². The Morgan fingerprint density at radius 2 is 1.78 bits per heavy atom. The van der Waals surface area contributed by atoms with Crippen LogP contribution in [0, 0.1) is 25.2 Å². The van der Waals surface area contributed by atoms with E-state index >= 15 is 0 Å². The number of benzene rings is 1. The van der Waals surface area contributed by atoms with Gasteiger partial charge in [0.2, 0.25) is 0 Å². The van der Waals surface area contributed by atoms with Crippen molar-refractivity contribution in [3.05, 3.63) is 70.7 Å². The summed E-state index contributed by atoms with van der Waals surface area (Å²) in [6.07, 6.45) is 5.67. The highest BCUT2D eigenvalue weighted by atomic mass is 35.5. The van der Waals surface area contributed by atoms with Gasteiger partial charge in [0.15, 0.2) is 0 Å². The fourth-order valence-electron chi connectivity index (χ4n) is 4.40. The second kappa shape index (κ2) is 8.17. The monoisotopic (exact) mass is 380 g/mol. The molecule has 3 aliphatic rings. The van der Waals surface area contributed by atoms with Gasteiger partial charge in [0, 0.05) is 17.7 Å². The fraction of sp³-hybridized carbons (Fsp3) is 0.348. The molecular weight excluding hydrogens is 356 g/mol. The van der Waals surface area contributed by atoms with E-state index in [1.807, 2.05) is 0 Å². The summed E-state index contributed by atoms with van der Waals surface area (Å²) in [5, 5.41) is 9.55. The van der Waals surface area contributed by atoms with Gasteiger partial charge in [-0.25, -0.2) is 0 Å². The Kier molecular flexibility index (Phi) is 5.89. The number of likely N-dealkylation sites (tertiary alicyclic amines) is 1. The fourth-order valence-corrected chi connectivity index (χ4v) is 4.40. The van der Waals surface area contributed by atoms with Crippen LogP contribution in [0.3, 0.4) is 0 Å². The Balaban J connectivity index is 0.00000210. The largest absolute Gasteiger partial charge is 0.471 e. The van der Waals surface area contributed by atoms with Crippen LogP contribution in [0.1, 0.15) is 46.6 Å². The Morgan fingerprint density at radius 1 is 1.07 bits per heavy atom. The lowest BCUT2D eigenvalue weighted by atomic mass is 9.85. The van der Waals surface area contributed by atoms with E-state index in [1.165, 1.54) is 22.3 Å². The Bertz CT molecular complexity index is 918. The van der Waals surface area contributed by atoms with E-state index in [4.69, 9.17) is 4.42 Å². The molecule has 0 N–H and O–H groups in total. The minimum Gasteiger partial charge on any atom is -0.471 e. The molecule has 1 fully saturated rings. The Labute approximate surface area is 167 Å². The van der Waals surface area contributed by atoms with Crippen molar-refractivity contribution in [3.63, 3.8) is 0 Å². The molecule has 4 rings (SSSR count). The molecule has 0 saturated carbocycles. The molecule has 0 radical (unpaired) electrons. The summed E-state index contributed by atoms with van der Waals surface area (Å²) in [6.45, 7) is 7.56. The molecule has 140 valence electrons. The predicted octanol–water partition coefficient (Wildman–Crippen LogP) is 5.67. The van der Waals surface area contributed by atoms with E-state index in [9.17, 15) is 5.26 Å². The first-order valence-corrected chi connectivity index (χ1v) is 9.34. The topological polar surface area (TPSA) is 40.2 Å². The van der Waals surface area contributed by atoms with Gasteiger partial charge in [0.05, 0.1) is 11.8 Å². The van der Waals surface area contributed by atoms with E-state index < -0.39 is 0 Å². The number of nitrogens with zero attached hydrogens (tertiary/aromatic N) is 2. The number of fused-ring (bicyclic) bond motifs is 1. The van der Waals surface area contributed by atoms with Crippen molar-refractivity contribution in [2.75, 3.05) is 13.1 Å². The third kappa shape index (κ3) is 3.60. The molecule has 0 spiro atoms. The van der Waals surface area contributed by atoms with Gasteiger partial charge in [-0.15, -0.1) is 12.4 Å². The molecule has 2 aliphatic heterocycles. The lowest BCUT2D eigenvalue weighted by molar-refractivity contribution is 0.204. The van der Waals surface area contributed by atoms with Crippen LogP contribution in [0.2, 0.25) is 0 Å². The van der Waals surface area contributed by atoms with Crippen molar-refractivity contribution in [2.24, 2.45) is 0 Å². The Hall–Kier alpha value is -2.28. The van der Waals surface area contributed by atoms with E-state index in [2.05, 4.69) is 55.1 Å². The average Bonchev–Trinajstić information content (AvgIpc) is 2.94. The predicted molar refractivity (Wildman–Crippen MR) is 110 cm³/mol. The lowest BCUT2D eigenvalue weighted by Crippen LogP contribution is -2.32. The Morgan fingerprint density at radius 3 is 2.44 bits per heavy atom. The minimum atomic E-state index is 0. The van der Waals surface area contributed by atoms with E-state index in [0.717, 1.165) is 43.6 Å². The first-order chi connectivity index (χ1) is 12.7. The number of piperidine rings is 1. The molecule has 4 heteroatoms. The molecule has 0 amide bonds. The molecule has 3 nitrogen and oxygen atoms in total. The van der Waals surface area contributed by atoms with Crippen molar-refractivity contribution in [1.82, 2.24) is 4.90 Å². The van der Waals surface area contributed by atoms with Crippen molar-refractivity contribution >= 4 is 12.4 Å². The van der Waals surface area contributed by atoms with E-state index in [1.54, 1.807) is 12.5 Å². The molecule has 1 aliphatic carbocycles. The maximum atomic E-state index is 9.55. The van der Waals surface area contributed by atoms with Crippen LogP contribution >= 0.6 is 12.4 Å². The number of nitriles is 1. The minimum absolute atomic E-state index is 0. The highest BCUT2D eigenvalue weighted by Crippen LogP contribution is 2.45. The molecule has 2 heterocycles. The highest BCUT2D eigenvalue weighted by Gasteiger charge is 2.30. The summed E-state index contributed by atoms with van der Waals surface area (Å²) in [7, 11) is 0. The van der Waals surface area contributed by atoms with Crippen molar-refractivity contribution in [3.8, 4) is 17.2 Å². The number of halogens is 1. The quantitative estimate of drug-likeness (QED) is 0.587. The maximum absolute atomic E-state index is 9.55. The van der Waals surface area contributed by atoms with Crippen LogP contribution in [-0.4, -0.2) is 18.0 Å². The van der Waals surface area contributed by atoms with Gasteiger partial charge in [0.25, 0.3) is 0 Å². The first-order valence-electron chi connectivity index (χ1n) is 9.34. The maximum Gasteiger partial charge on any atom is 0.109 e. The molecule has 27 heavy (non-hydrogen) atoms. The number of hydrogen-bond donors (Lipinski definition) is 0. The number of rotatable bonds is 3. The van der Waals surface area contributed by atoms with E-state index in [0.29, 0.717) is 11.5 Å². The van der Waals surface area contributed by atoms with Gasteiger partial charge >= 0.3 is 0 Å². The molecule has 0 aromatic heterocycles. The summed E-state index contributed by atoms with van der Waals surface area (Å²) in [5.74, 6) is 0.521. The molecular formula is C23H25ClN2O. The van der Waals surface area contributed by atoms with Gasteiger partial charge < -0.3 is 4.42 Å². The second-order valence-electron chi connectivity index (χ2n) is 7.39. The van der Waals surface area contributed by atoms with Gasteiger partial charge in [-0.3, -0.25) is 4.90 Å². The number of hydrogen-bond acceptors (Lipinski definition) is 3. The average molecular weight is 381 g/mol. The smallest absolute Gasteiger partial charge is 0.109 e. The summed E-state index contributed by atoms with van der Waals surface area (Å²) >= 11 is 0. The molecule has 0 unspecified atom stereocenters. The molecule has 1 aromatic carbocycles. The van der Waals surface area contributed by atoms with Crippen LogP contribution in [0.5, 0.6) is 0 Å².